The summed E-state index contributed by atoms with van der Waals surface area (Å²) >= 11 is 0. The fourth-order valence-electron chi connectivity index (χ4n) is 1.12. The van der Waals surface area contributed by atoms with Crippen molar-refractivity contribution in [2.45, 2.75) is 13.0 Å². The molecule has 1 unspecified atom stereocenters. The smallest absolute Gasteiger partial charge is 0.275 e. The van der Waals surface area contributed by atoms with Crippen LogP contribution in [0.5, 0.6) is 0 Å². The maximum Gasteiger partial charge on any atom is 0.275 e. The van der Waals surface area contributed by atoms with E-state index in [4.69, 9.17) is 4.43 Å². The minimum Gasteiger partial charge on any atom is -0.421 e. The molecule has 0 aliphatic carbocycles. The van der Waals surface area contributed by atoms with Crippen LogP contribution in [0.25, 0.3) is 0 Å². The third-order valence-electron chi connectivity index (χ3n) is 1.92. The summed E-state index contributed by atoms with van der Waals surface area (Å²) < 4.78 is 5.16. The summed E-state index contributed by atoms with van der Waals surface area (Å²) in [6.45, 7) is 1.81. The predicted molar refractivity (Wildman–Crippen MR) is 52.5 cm³/mol. The van der Waals surface area contributed by atoms with Crippen LogP contribution in [0.2, 0.25) is 0 Å². The molecule has 0 aromatic heterocycles. The van der Waals surface area contributed by atoms with E-state index >= 15 is 0 Å². The number of hydrogen-bond acceptors (Lipinski definition) is 3. The summed E-state index contributed by atoms with van der Waals surface area (Å²) in [6.07, 6.45) is -0.187. The van der Waals surface area contributed by atoms with Crippen molar-refractivity contribution in [2.75, 3.05) is 0 Å². The van der Waals surface area contributed by atoms with E-state index in [1.54, 1.807) is 18.2 Å². The van der Waals surface area contributed by atoms with Crippen LogP contribution in [0.3, 0.4) is 0 Å². The van der Waals surface area contributed by atoms with E-state index in [-0.39, 0.29) is 16.7 Å². The molecule has 13 heavy (non-hydrogen) atoms. The molecule has 0 heterocycles. The predicted octanol–water partition coefficient (Wildman–Crippen LogP) is 0.953. The van der Waals surface area contributed by atoms with Crippen molar-refractivity contribution in [1.82, 2.24) is 0 Å². The fourth-order valence-corrected chi connectivity index (χ4v) is 1.38. The third-order valence-corrected chi connectivity index (χ3v) is 2.63. The minimum absolute atomic E-state index is 0.130. The third kappa shape index (κ3) is 2.13. The number of benzene rings is 1. The van der Waals surface area contributed by atoms with Gasteiger partial charge in [-0.1, -0.05) is 12.1 Å². The van der Waals surface area contributed by atoms with Crippen molar-refractivity contribution >= 4 is 16.2 Å². The molecule has 0 saturated heterocycles. The molecule has 0 radical (unpaired) electrons. The maximum atomic E-state index is 10.6. The molecule has 0 bridgehead atoms. The lowest BCUT2D eigenvalue weighted by molar-refractivity contribution is -0.386. The fraction of sp³-hybridized carbons (Fsp3) is 0.250. The molecule has 0 fully saturated rings. The molecule has 0 spiro atoms. The van der Waals surface area contributed by atoms with E-state index in [1.807, 2.05) is 6.92 Å². The Morgan fingerprint density at radius 1 is 1.54 bits per heavy atom. The van der Waals surface area contributed by atoms with Crippen molar-refractivity contribution in [3.63, 3.8) is 0 Å². The average molecular weight is 197 g/mol. The van der Waals surface area contributed by atoms with Gasteiger partial charge in [-0.25, -0.2) is 0 Å². The van der Waals surface area contributed by atoms with Gasteiger partial charge in [-0.2, -0.15) is 0 Å². The van der Waals surface area contributed by atoms with Crippen LogP contribution in [0.4, 0.5) is 5.69 Å². The molecular weight excluding hydrogens is 186 g/mol. The zero-order chi connectivity index (χ0) is 9.84. The van der Waals surface area contributed by atoms with Crippen LogP contribution in [0.1, 0.15) is 18.6 Å². The van der Waals surface area contributed by atoms with Crippen LogP contribution >= 0.6 is 0 Å². The zero-order valence-corrected chi connectivity index (χ0v) is 9.56. The van der Waals surface area contributed by atoms with E-state index in [0.29, 0.717) is 16.0 Å². The summed E-state index contributed by atoms with van der Waals surface area (Å²) in [6, 6.07) is 6.65. The molecule has 4 nitrogen and oxygen atoms in total. The number of nitrogens with zero attached hydrogens (tertiary/aromatic N) is 1. The lowest BCUT2D eigenvalue weighted by atomic mass is 10.1. The Morgan fingerprint density at radius 2 is 2.15 bits per heavy atom. The van der Waals surface area contributed by atoms with Gasteiger partial charge in [0.25, 0.3) is 5.69 Å². The van der Waals surface area contributed by atoms with E-state index < -0.39 is 0 Å². The van der Waals surface area contributed by atoms with Gasteiger partial charge in [0.1, 0.15) is 10.5 Å². The summed E-state index contributed by atoms with van der Waals surface area (Å²) in [5.41, 5.74) is 0.772. The zero-order valence-electron chi connectivity index (χ0n) is 7.56. The lowest BCUT2D eigenvalue weighted by Crippen LogP contribution is -2.01. The van der Waals surface area contributed by atoms with Crippen LogP contribution in [0.15, 0.2) is 24.3 Å². The number of rotatable bonds is 3. The first-order valence-electron chi connectivity index (χ1n) is 3.93. The Morgan fingerprint density at radius 3 is 2.69 bits per heavy atom. The summed E-state index contributed by atoms with van der Waals surface area (Å²) in [5.74, 6) is 0. The van der Waals surface area contributed by atoms with E-state index in [2.05, 4.69) is 0 Å². The van der Waals surface area contributed by atoms with Gasteiger partial charge in [0, 0.05) is 6.07 Å². The van der Waals surface area contributed by atoms with Gasteiger partial charge in [-0.05, 0) is 13.0 Å². The first kappa shape index (κ1) is 9.88. The van der Waals surface area contributed by atoms with Crippen LogP contribution in [0, 0.1) is 10.1 Å². The quantitative estimate of drug-likeness (QED) is 0.412. The Hall–Kier alpha value is -1.20. The lowest BCUT2D eigenvalue weighted by Gasteiger charge is -2.09. The van der Waals surface area contributed by atoms with Gasteiger partial charge in [0.2, 0.25) is 0 Å². The Labute approximate surface area is 79.2 Å². The van der Waals surface area contributed by atoms with E-state index in [9.17, 15) is 10.1 Å². The van der Waals surface area contributed by atoms with Crippen LogP contribution in [-0.4, -0.2) is 15.4 Å². The number of nitro benzene ring substituents is 1. The van der Waals surface area contributed by atoms with Gasteiger partial charge in [0.05, 0.1) is 16.6 Å². The molecule has 70 valence electrons. The number of para-hydroxylation sites is 1. The van der Waals surface area contributed by atoms with Gasteiger partial charge >= 0.3 is 0 Å². The van der Waals surface area contributed by atoms with E-state index in [0.717, 1.165) is 0 Å². The monoisotopic (exact) mass is 197 g/mol. The summed E-state index contributed by atoms with van der Waals surface area (Å²) in [4.78, 5) is 10.2. The first-order valence-corrected chi connectivity index (χ1v) is 4.74. The highest BCUT2D eigenvalue weighted by Gasteiger charge is 2.16. The Bertz CT molecular complexity index is 316. The highest BCUT2D eigenvalue weighted by Crippen LogP contribution is 2.25. The molecule has 5 heteroatoms. The van der Waals surface area contributed by atoms with Gasteiger partial charge in [-0.15, -0.1) is 0 Å². The minimum atomic E-state index is -0.383. The molecule has 1 aromatic rings. The van der Waals surface area contributed by atoms with Crippen LogP contribution < -0.4 is 0 Å². The second-order valence-corrected chi connectivity index (χ2v) is 3.17. The van der Waals surface area contributed by atoms with Crippen molar-refractivity contribution in [2.24, 2.45) is 0 Å². The summed E-state index contributed by atoms with van der Waals surface area (Å²) in [5, 5.41) is 10.6. The van der Waals surface area contributed by atoms with Gasteiger partial charge < -0.3 is 4.43 Å². The number of hydrogen-bond donors (Lipinski definition) is 0. The largest absolute Gasteiger partial charge is 0.421 e. The van der Waals surface area contributed by atoms with Crippen molar-refractivity contribution in [3.8, 4) is 0 Å². The molecule has 1 atom stereocenters. The van der Waals surface area contributed by atoms with Crippen LogP contribution in [-0.2, 0) is 4.43 Å². The van der Waals surface area contributed by atoms with Gasteiger partial charge in [-0.3, -0.25) is 10.1 Å². The summed E-state index contributed by atoms with van der Waals surface area (Å²) in [7, 11) is 0.579. The second kappa shape index (κ2) is 4.15. The Balaban J connectivity index is 3.11. The number of nitro groups is 1. The molecule has 0 amide bonds. The topological polar surface area (TPSA) is 52.4 Å². The normalized spacial score (nSPS) is 12.7. The average Bonchev–Trinajstić information content (AvgIpc) is 2.16. The molecule has 0 aliphatic rings. The molecule has 0 aliphatic heterocycles. The highest BCUT2D eigenvalue weighted by atomic mass is 28.2. The van der Waals surface area contributed by atoms with Gasteiger partial charge in [0.15, 0.2) is 0 Å². The SMILES string of the molecule is CC(O[SiH3])c1ccccc1[N+](=O)[O-]. The highest BCUT2D eigenvalue weighted by molar-refractivity contribution is 5.98. The second-order valence-electron chi connectivity index (χ2n) is 2.69. The maximum absolute atomic E-state index is 10.6. The van der Waals surface area contributed by atoms with Crippen molar-refractivity contribution in [1.29, 1.82) is 0 Å². The molecule has 0 saturated carbocycles. The van der Waals surface area contributed by atoms with E-state index in [1.165, 1.54) is 6.07 Å². The Kier molecular flexibility index (Phi) is 3.16. The standard InChI is InChI=1S/C8H11NO3Si/c1-6(12-13)7-4-2-3-5-8(7)9(10)11/h2-6H,1,13H3. The molecule has 1 rings (SSSR count). The molecule has 1 aromatic carbocycles. The van der Waals surface area contributed by atoms with Crippen molar-refractivity contribution < 1.29 is 9.35 Å². The first-order chi connectivity index (χ1) is 6.16. The molecule has 0 N–H and O–H groups in total. The van der Waals surface area contributed by atoms with Crippen molar-refractivity contribution in [3.05, 3.63) is 39.9 Å². The molecular formula is C8H11NO3Si.